The van der Waals surface area contributed by atoms with Crippen LogP contribution in [0.15, 0.2) is 24.3 Å². The molecule has 0 aromatic heterocycles. The minimum absolute atomic E-state index is 0.248. The standard InChI is InChI=1S/C13H18FN3O3S/c1-21(19,20)17-7-3-6-12(9-17)16-13(18)15-11-5-2-4-10(14)8-11/h2,4-5,8,12H,3,6-7,9H2,1H3,(H2,15,16,18)/t12-/m1/s1. The predicted octanol–water partition coefficient (Wildman–Crippen LogP) is 1.37. The van der Waals surface area contributed by atoms with E-state index in [0.29, 0.717) is 25.1 Å². The molecule has 0 spiro atoms. The number of urea groups is 1. The molecule has 0 unspecified atom stereocenters. The van der Waals surface area contributed by atoms with Crippen molar-refractivity contribution in [3.05, 3.63) is 30.1 Å². The Morgan fingerprint density at radius 3 is 2.86 bits per heavy atom. The van der Waals surface area contributed by atoms with Crippen LogP contribution in [0.4, 0.5) is 14.9 Å². The Hall–Kier alpha value is -1.67. The maximum absolute atomic E-state index is 13.0. The first-order valence-electron chi connectivity index (χ1n) is 6.63. The van der Waals surface area contributed by atoms with Gasteiger partial charge in [-0.15, -0.1) is 0 Å². The second kappa shape index (κ2) is 6.40. The van der Waals surface area contributed by atoms with E-state index in [1.165, 1.54) is 22.5 Å². The van der Waals surface area contributed by atoms with Gasteiger partial charge in [0.15, 0.2) is 0 Å². The van der Waals surface area contributed by atoms with Crippen LogP contribution < -0.4 is 10.6 Å². The molecule has 1 fully saturated rings. The van der Waals surface area contributed by atoms with Crippen molar-refractivity contribution in [3.63, 3.8) is 0 Å². The molecule has 0 bridgehead atoms. The second-order valence-corrected chi connectivity index (χ2v) is 7.05. The molecule has 21 heavy (non-hydrogen) atoms. The highest BCUT2D eigenvalue weighted by atomic mass is 32.2. The van der Waals surface area contributed by atoms with Gasteiger partial charge in [0.25, 0.3) is 0 Å². The lowest BCUT2D eigenvalue weighted by Gasteiger charge is -2.31. The number of hydrogen-bond acceptors (Lipinski definition) is 3. The van der Waals surface area contributed by atoms with Crippen molar-refractivity contribution < 1.29 is 17.6 Å². The molecule has 1 aromatic rings. The van der Waals surface area contributed by atoms with Crippen LogP contribution in [0.25, 0.3) is 0 Å². The molecular formula is C13H18FN3O3S. The molecule has 2 amide bonds. The van der Waals surface area contributed by atoms with Crippen LogP contribution in [0.2, 0.25) is 0 Å². The molecule has 1 atom stereocenters. The first kappa shape index (κ1) is 15.7. The number of benzene rings is 1. The van der Waals surface area contributed by atoms with E-state index in [1.807, 2.05) is 0 Å². The van der Waals surface area contributed by atoms with Crippen molar-refractivity contribution in [2.24, 2.45) is 0 Å². The zero-order chi connectivity index (χ0) is 15.5. The molecule has 0 saturated carbocycles. The normalized spacial score (nSPS) is 20.0. The fraction of sp³-hybridized carbons (Fsp3) is 0.462. The van der Waals surface area contributed by atoms with E-state index in [4.69, 9.17) is 0 Å². The third kappa shape index (κ3) is 4.68. The molecule has 6 nitrogen and oxygen atoms in total. The number of nitrogens with one attached hydrogen (secondary N) is 2. The largest absolute Gasteiger partial charge is 0.334 e. The summed E-state index contributed by atoms with van der Waals surface area (Å²) in [7, 11) is -3.25. The maximum Gasteiger partial charge on any atom is 0.319 e. The number of amides is 2. The average molecular weight is 315 g/mol. The van der Waals surface area contributed by atoms with Crippen LogP contribution in [0.1, 0.15) is 12.8 Å². The zero-order valence-electron chi connectivity index (χ0n) is 11.7. The van der Waals surface area contributed by atoms with Crippen LogP contribution >= 0.6 is 0 Å². The molecule has 1 aliphatic rings. The minimum Gasteiger partial charge on any atom is -0.334 e. The Labute approximate surface area is 123 Å². The fourth-order valence-electron chi connectivity index (χ4n) is 2.28. The lowest BCUT2D eigenvalue weighted by Crippen LogP contribution is -2.50. The maximum atomic E-state index is 13.0. The number of sulfonamides is 1. The average Bonchev–Trinajstić information content (AvgIpc) is 2.37. The SMILES string of the molecule is CS(=O)(=O)N1CCC[C@@H](NC(=O)Nc2cccc(F)c2)C1. The fourth-order valence-corrected chi connectivity index (χ4v) is 3.19. The third-order valence-electron chi connectivity index (χ3n) is 3.27. The quantitative estimate of drug-likeness (QED) is 0.884. The van der Waals surface area contributed by atoms with E-state index in [2.05, 4.69) is 10.6 Å². The zero-order valence-corrected chi connectivity index (χ0v) is 12.5. The molecule has 1 aromatic carbocycles. The number of anilines is 1. The first-order valence-corrected chi connectivity index (χ1v) is 8.47. The number of halogens is 1. The lowest BCUT2D eigenvalue weighted by molar-refractivity contribution is 0.236. The molecule has 1 aliphatic heterocycles. The van der Waals surface area contributed by atoms with Crippen molar-refractivity contribution in [3.8, 4) is 0 Å². The first-order chi connectivity index (χ1) is 9.84. The molecule has 0 radical (unpaired) electrons. The molecule has 1 heterocycles. The van der Waals surface area contributed by atoms with Gasteiger partial charge in [-0.25, -0.2) is 21.9 Å². The summed E-state index contributed by atoms with van der Waals surface area (Å²) in [5.74, 6) is -0.436. The number of hydrogen-bond donors (Lipinski definition) is 2. The van der Waals surface area contributed by atoms with E-state index >= 15 is 0 Å². The highest BCUT2D eigenvalue weighted by Gasteiger charge is 2.26. The van der Waals surface area contributed by atoms with Gasteiger partial charge in [-0.05, 0) is 31.0 Å². The number of piperidine rings is 1. The highest BCUT2D eigenvalue weighted by Crippen LogP contribution is 2.14. The molecule has 2 rings (SSSR count). The topological polar surface area (TPSA) is 78.5 Å². The van der Waals surface area contributed by atoms with E-state index in [1.54, 1.807) is 6.07 Å². The summed E-state index contributed by atoms with van der Waals surface area (Å²) >= 11 is 0. The van der Waals surface area contributed by atoms with Crippen LogP contribution in [-0.2, 0) is 10.0 Å². The molecule has 0 aliphatic carbocycles. The van der Waals surface area contributed by atoms with Crippen LogP contribution in [0.3, 0.4) is 0 Å². The summed E-state index contributed by atoms with van der Waals surface area (Å²) < 4.78 is 37.4. The predicted molar refractivity (Wildman–Crippen MR) is 78.0 cm³/mol. The summed E-state index contributed by atoms with van der Waals surface area (Å²) in [6, 6.07) is 4.85. The van der Waals surface area contributed by atoms with Gasteiger partial charge in [0.1, 0.15) is 5.82 Å². The van der Waals surface area contributed by atoms with E-state index in [9.17, 15) is 17.6 Å². The summed E-state index contributed by atoms with van der Waals surface area (Å²) in [6.07, 6.45) is 2.56. The summed E-state index contributed by atoms with van der Waals surface area (Å²) in [5, 5.41) is 5.24. The molecule has 116 valence electrons. The molecule has 1 saturated heterocycles. The minimum atomic E-state index is -3.25. The van der Waals surface area contributed by atoms with Gasteiger partial charge >= 0.3 is 6.03 Å². The Balaban J connectivity index is 1.90. The number of rotatable bonds is 3. The van der Waals surface area contributed by atoms with Crippen molar-refractivity contribution >= 4 is 21.7 Å². The van der Waals surface area contributed by atoms with Gasteiger partial charge in [0, 0.05) is 24.8 Å². The van der Waals surface area contributed by atoms with E-state index < -0.39 is 21.9 Å². The number of nitrogens with zero attached hydrogens (tertiary/aromatic N) is 1. The van der Waals surface area contributed by atoms with Crippen molar-refractivity contribution in [2.75, 3.05) is 24.7 Å². The summed E-state index contributed by atoms with van der Waals surface area (Å²) in [4.78, 5) is 11.8. The van der Waals surface area contributed by atoms with Gasteiger partial charge < -0.3 is 10.6 Å². The Bertz CT molecular complexity index is 621. The van der Waals surface area contributed by atoms with Gasteiger partial charge in [-0.3, -0.25) is 0 Å². The van der Waals surface area contributed by atoms with Crippen molar-refractivity contribution in [1.29, 1.82) is 0 Å². The summed E-state index contributed by atoms with van der Waals surface area (Å²) in [6.45, 7) is 0.734. The molecule has 8 heteroatoms. The number of carbonyl (C=O) groups excluding carboxylic acids is 1. The summed E-state index contributed by atoms with van der Waals surface area (Å²) in [5.41, 5.74) is 0.350. The van der Waals surface area contributed by atoms with Gasteiger partial charge in [-0.2, -0.15) is 0 Å². The van der Waals surface area contributed by atoms with Gasteiger partial charge in [0.2, 0.25) is 10.0 Å². The Morgan fingerprint density at radius 1 is 1.43 bits per heavy atom. The van der Waals surface area contributed by atoms with E-state index in [0.717, 1.165) is 6.26 Å². The monoisotopic (exact) mass is 315 g/mol. The molecular weight excluding hydrogens is 297 g/mol. The Morgan fingerprint density at radius 2 is 2.19 bits per heavy atom. The van der Waals surface area contributed by atoms with Gasteiger partial charge in [0.05, 0.1) is 6.26 Å². The number of carbonyl (C=O) groups is 1. The third-order valence-corrected chi connectivity index (χ3v) is 4.54. The second-order valence-electron chi connectivity index (χ2n) is 5.07. The van der Waals surface area contributed by atoms with Crippen molar-refractivity contribution in [1.82, 2.24) is 9.62 Å². The van der Waals surface area contributed by atoms with E-state index in [-0.39, 0.29) is 12.6 Å². The van der Waals surface area contributed by atoms with Crippen LogP contribution in [-0.4, -0.2) is 44.1 Å². The molecule has 2 N–H and O–H groups in total. The van der Waals surface area contributed by atoms with Crippen LogP contribution in [0, 0.1) is 5.82 Å². The van der Waals surface area contributed by atoms with Gasteiger partial charge in [-0.1, -0.05) is 6.07 Å². The Kier molecular flexibility index (Phi) is 4.79. The van der Waals surface area contributed by atoms with Crippen LogP contribution in [0.5, 0.6) is 0 Å². The van der Waals surface area contributed by atoms with Crippen molar-refractivity contribution in [2.45, 2.75) is 18.9 Å². The smallest absolute Gasteiger partial charge is 0.319 e. The lowest BCUT2D eigenvalue weighted by atomic mass is 10.1. The highest BCUT2D eigenvalue weighted by molar-refractivity contribution is 7.88.